The lowest BCUT2D eigenvalue weighted by Crippen LogP contribution is -2.50. The van der Waals surface area contributed by atoms with Crippen LogP contribution in [-0.4, -0.2) is 19.6 Å². The summed E-state index contributed by atoms with van der Waals surface area (Å²) in [5, 5.41) is 2.84. The number of alkyl halides is 2. The smallest absolute Gasteiger partial charge is 0.0973 e. The van der Waals surface area contributed by atoms with E-state index in [1.807, 2.05) is 0 Å². The summed E-state index contributed by atoms with van der Waals surface area (Å²) in [4.78, 5) is 0. The Morgan fingerprint density at radius 2 is 1.62 bits per heavy atom. The zero-order valence-corrected chi connectivity index (χ0v) is 19.0. The van der Waals surface area contributed by atoms with Crippen LogP contribution in [0, 0.1) is 17.8 Å². The minimum absolute atomic E-state index is 0.641. The lowest BCUT2D eigenvalue weighted by molar-refractivity contribution is 0.200. The summed E-state index contributed by atoms with van der Waals surface area (Å²) >= 11 is 3.68. The molecule has 0 aromatic heterocycles. The molecule has 1 aliphatic carbocycles. The number of hydrogen-bond donors (Lipinski definition) is 0. The van der Waals surface area contributed by atoms with Gasteiger partial charge in [0.2, 0.25) is 0 Å². The topological polar surface area (TPSA) is 0 Å². The molecule has 0 amide bonds. The molecule has 0 radical (unpaired) electrons. The van der Waals surface area contributed by atoms with Crippen LogP contribution in [0.1, 0.15) is 58.3 Å². The summed E-state index contributed by atoms with van der Waals surface area (Å²) in [7, 11) is -1.43. The van der Waals surface area contributed by atoms with Gasteiger partial charge in [0.1, 0.15) is 0 Å². The van der Waals surface area contributed by atoms with Crippen molar-refractivity contribution in [1.29, 1.82) is 0 Å². The van der Waals surface area contributed by atoms with Crippen LogP contribution in [0.5, 0.6) is 0 Å². The summed E-state index contributed by atoms with van der Waals surface area (Å²) in [5.74, 6) is 2.88. The second-order valence-electron chi connectivity index (χ2n) is 9.09. The Labute approximate surface area is 169 Å². The van der Waals surface area contributed by atoms with Crippen LogP contribution in [0.4, 0.5) is 4.39 Å². The van der Waals surface area contributed by atoms with Crippen LogP contribution >= 0.6 is 15.9 Å². The predicted octanol–water partition coefficient (Wildman–Crippen LogP) is 7.09. The average molecular weight is 440 g/mol. The van der Waals surface area contributed by atoms with Crippen molar-refractivity contribution in [1.82, 2.24) is 0 Å². The highest BCUT2D eigenvalue weighted by molar-refractivity contribution is 9.09. The minimum Gasteiger partial charge on any atom is -0.248 e. The molecular weight excluding hydrogens is 403 g/mol. The van der Waals surface area contributed by atoms with Crippen LogP contribution in [0.2, 0.25) is 18.1 Å². The van der Waals surface area contributed by atoms with E-state index >= 15 is 0 Å². The number of rotatable bonds is 7. The van der Waals surface area contributed by atoms with E-state index < -0.39 is 14.2 Å². The molecule has 1 saturated heterocycles. The summed E-state index contributed by atoms with van der Waals surface area (Å²) in [6.45, 7) is 1.72. The fraction of sp³-hybridized carbons (Fsp3) is 0.739. The van der Waals surface area contributed by atoms with E-state index in [9.17, 15) is 4.39 Å². The molecule has 0 spiro atoms. The lowest BCUT2D eigenvalue weighted by atomic mass is 9.74. The van der Waals surface area contributed by atoms with Gasteiger partial charge in [-0.15, -0.1) is 0 Å². The Bertz CT molecular complexity index is 516. The van der Waals surface area contributed by atoms with E-state index in [1.54, 1.807) is 12.1 Å². The molecule has 2 aliphatic rings. The zero-order valence-electron chi connectivity index (χ0n) is 16.4. The Morgan fingerprint density at radius 1 is 1.00 bits per heavy atom. The zero-order chi connectivity index (χ0) is 18.4. The molecule has 146 valence electrons. The monoisotopic (exact) mass is 438 g/mol. The Balaban J connectivity index is 1.61. The van der Waals surface area contributed by atoms with Gasteiger partial charge in [0, 0.05) is 5.33 Å². The van der Waals surface area contributed by atoms with Gasteiger partial charge in [-0.2, -0.15) is 0 Å². The molecule has 1 saturated carbocycles. The largest absolute Gasteiger partial charge is 0.248 e. The quantitative estimate of drug-likeness (QED) is 0.314. The molecule has 1 aliphatic heterocycles. The molecule has 2 fully saturated rings. The van der Waals surface area contributed by atoms with Crippen LogP contribution in [0.3, 0.4) is 0 Å². The molecule has 1 heterocycles. The first-order valence-electron chi connectivity index (χ1n) is 10.9. The van der Waals surface area contributed by atoms with Gasteiger partial charge >= 0.3 is 0 Å². The van der Waals surface area contributed by atoms with Gasteiger partial charge in [0.05, 0.1) is 14.2 Å². The first-order chi connectivity index (χ1) is 12.6. The number of benzene rings is 1. The normalized spacial score (nSPS) is 33.7. The maximum absolute atomic E-state index is 13.4. The first-order valence-corrected chi connectivity index (χ1v) is 14.6. The third kappa shape index (κ3) is 5.22. The lowest BCUT2D eigenvalue weighted by Gasteiger charge is -2.43. The number of halogens is 2. The third-order valence-electron chi connectivity index (χ3n) is 7.41. The molecule has 26 heavy (non-hydrogen) atoms. The van der Waals surface area contributed by atoms with Crippen LogP contribution in [-0.2, 0) is 0 Å². The molecule has 1 aromatic rings. The maximum Gasteiger partial charge on any atom is 0.0973 e. The molecule has 1 unspecified atom stereocenters. The van der Waals surface area contributed by atoms with Gasteiger partial charge in [-0.05, 0) is 56.8 Å². The van der Waals surface area contributed by atoms with E-state index in [2.05, 4.69) is 46.3 Å². The molecule has 3 rings (SSSR count). The summed E-state index contributed by atoms with van der Waals surface area (Å²) in [5.41, 5.74) is 0. The predicted molar refractivity (Wildman–Crippen MR) is 118 cm³/mol. The molecule has 0 bridgehead atoms. The van der Waals surface area contributed by atoms with Crippen molar-refractivity contribution in [2.45, 2.75) is 82.6 Å². The maximum atomic E-state index is 13.4. The summed E-state index contributed by atoms with van der Waals surface area (Å²) < 4.78 is 13.4. The number of hydrogen-bond acceptors (Lipinski definition) is 0. The highest BCUT2D eigenvalue weighted by Gasteiger charge is 2.40. The fourth-order valence-corrected chi connectivity index (χ4v) is 11.6. The summed E-state index contributed by atoms with van der Waals surface area (Å²) in [6.07, 6.45) is 9.86. The molecule has 0 nitrogen and oxygen atoms in total. The average Bonchev–Trinajstić information content (AvgIpc) is 2.69. The Kier molecular flexibility index (Phi) is 7.81. The van der Waals surface area contributed by atoms with Crippen molar-refractivity contribution in [3.05, 3.63) is 30.3 Å². The van der Waals surface area contributed by atoms with Crippen molar-refractivity contribution in [3.8, 4) is 0 Å². The first kappa shape index (κ1) is 20.6. The third-order valence-corrected chi connectivity index (χ3v) is 13.7. The summed E-state index contributed by atoms with van der Waals surface area (Å²) in [6, 6.07) is 15.5. The van der Waals surface area contributed by atoms with Crippen molar-refractivity contribution >= 4 is 29.2 Å². The second kappa shape index (κ2) is 9.86. The van der Waals surface area contributed by atoms with Gasteiger partial charge in [-0.3, -0.25) is 0 Å². The van der Waals surface area contributed by atoms with E-state index in [0.29, 0.717) is 0 Å². The molecule has 1 atom stereocenters. The van der Waals surface area contributed by atoms with Crippen molar-refractivity contribution in [2.75, 3.05) is 5.33 Å². The van der Waals surface area contributed by atoms with E-state index in [4.69, 9.17) is 0 Å². The highest BCUT2D eigenvalue weighted by atomic mass is 79.9. The highest BCUT2D eigenvalue weighted by Crippen LogP contribution is 2.44. The molecule has 1 aromatic carbocycles. The molecular formula is C23H36BrFSi. The van der Waals surface area contributed by atoms with Crippen molar-refractivity contribution in [3.63, 3.8) is 0 Å². The van der Waals surface area contributed by atoms with Gasteiger partial charge in [0.15, 0.2) is 0 Å². The Morgan fingerprint density at radius 3 is 2.19 bits per heavy atom. The van der Waals surface area contributed by atoms with Gasteiger partial charge < -0.3 is 0 Å². The van der Waals surface area contributed by atoms with E-state index in [-0.39, 0.29) is 0 Å². The van der Waals surface area contributed by atoms with Crippen LogP contribution in [0.15, 0.2) is 30.3 Å². The molecule has 0 N–H and O–H groups in total. The van der Waals surface area contributed by atoms with Crippen molar-refractivity contribution < 1.29 is 4.39 Å². The van der Waals surface area contributed by atoms with Gasteiger partial charge in [-0.25, -0.2) is 4.39 Å². The second-order valence-corrected chi connectivity index (χ2v) is 14.4. The SMILES string of the molecule is CC(F)CCC[Si@]1(c2ccccc2)CC[C@@H](C2CCC(CBr)CC2)CC1. The minimum atomic E-state index is -1.43. The van der Waals surface area contributed by atoms with Crippen molar-refractivity contribution in [2.24, 2.45) is 17.8 Å². The van der Waals surface area contributed by atoms with Crippen LogP contribution in [0.25, 0.3) is 0 Å². The van der Waals surface area contributed by atoms with Gasteiger partial charge in [0.25, 0.3) is 0 Å². The van der Waals surface area contributed by atoms with Crippen LogP contribution < -0.4 is 5.19 Å². The standard InChI is InChI=1S/C23H36BrFSi/c1-19(25)6-5-15-26(23-7-3-2-4-8-23)16-13-22(14-17-26)21-11-9-20(18-24)10-12-21/h2-4,7-8,19-22H,5-6,9-18H2,1H3/t19?,20?,21?,22-,26+. The van der Waals surface area contributed by atoms with E-state index in [0.717, 1.165) is 30.6 Å². The van der Waals surface area contributed by atoms with Gasteiger partial charge in [-0.1, -0.05) is 88.8 Å². The fourth-order valence-electron chi connectivity index (χ4n) is 5.67. The molecule has 3 heteroatoms. The Hall–Kier alpha value is -0.153. The van der Waals surface area contributed by atoms with E-state index in [1.165, 1.54) is 62.0 Å².